The number of aromatic nitrogens is 3. The molecule has 0 radical (unpaired) electrons. The van der Waals surface area contributed by atoms with Crippen LogP contribution >= 0.6 is 0 Å². The van der Waals surface area contributed by atoms with Crippen LogP contribution in [0, 0.1) is 5.92 Å². The normalized spacial score (nSPS) is 12.9. The summed E-state index contributed by atoms with van der Waals surface area (Å²) < 4.78 is 48.3. The van der Waals surface area contributed by atoms with E-state index in [9.17, 15) is 18.0 Å². The fraction of sp³-hybridized carbons (Fsp3) is 0.270. The number of amides is 1. The number of aryl methyl sites for hydroxylation is 1. The SMILES string of the molecule is CC(CNC(=O)c1cc(-c2ccc(C(F)(F)F)cc2)nc(-c2cnn(C)c2)c1N)CO[Si](c1ccccc1)(c1ccccc1)C(C)(C)C. The Balaban J connectivity index is 1.40. The van der Waals surface area contributed by atoms with E-state index in [0.717, 1.165) is 12.1 Å². The molecule has 0 bridgehead atoms. The first-order valence-electron chi connectivity index (χ1n) is 15.7. The van der Waals surface area contributed by atoms with Crippen LogP contribution in [0.25, 0.3) is 22.5 Å². The van der Waals surface area contributed by atoms with Crippen molar-refractivity contribution in [3.05, 3.63) is 115 Å². The number of alkyl halides is 3. The van der Waals surface area contributed by atoms with Crippen LogP contribution in [0.5, 0.6) is 0 Å². The molecule has 11 heteroatoms. The average molecular weight is 672 g/mol. The van der Waals surface area contributed by atoms with E-state index < -0.39 is 26.0 Å². The van der Waals surface area contributed by atoms with E-state index in [0.29, 0.717) is 35.7 Å². The van der Waals surface area contributed by atoms with Crippen LogP contribution < -0.4 is 21.4 Å². The molecule has 0 spiro atoms. The van der Waals surface area contributed by atoms with Gasteiger partial charge in [0.05, 0.1) is 34.4 Å². The molecule has 250 valence electrons. The lowest BCUT2D eigenvalue weighted by Crippen LogP contribution is -2.67. The Kier molecular flexibility index (Phi) is 9.93. The van der Waals surface area contributed by atoms with E-state index in [1.165, 1.54) is 28.6 Å². The number of benzene rings is 3. The zero-order chi connectivity index (χ0) is 34.7. The highest BCUT2D eigenvalue weighted by Crippen LogP contribution is 2.37. The van der Waals surface area contributed by atoms with Gasteiger partial charge in [0, 0.05) is 37.5 Å². The van der Waals surface area contributed by atoms with E-state index in [4.69, 9.17) is 10.2 Å². The highest BCUT2D eigenvalue weighted by atomic mass is 28.4. The Morgan fingerprint density at radius 2 is 1.52 bits per heavy atom. The number of anilines is 1. The lowest BCUT2D eigenvalue weighted by atomic mass is 10.0. The first kappa shape index (κ1) is 34.6. The second-order valence-electron chi connectivity index (χ2n) is 13.1. The maximum Gasteiger partial charge on any atom is 0.416 e. The molecule has 1 atom stereocenters. The average Bonchev–Trinajstić information content (AvgIpc) is 3.50. The molecule has 0 saturated carbocycles. The molecule has 7 nitrogen and oxygen atoms in total. The zero-order valence-electron chi connectivity index (χ0n) is 27.7. The van der Waals surface area contributed by atoms with Crippen molar-refractivity contribution in [2.45, 2.75) is 38.9 Å². The second-order valence-corrected chi connectivity index (χ2v) is 17.4. The quantitative estimate of drug-likeness (QED) is 0.161. The minimum absolute atomic E-state index is 0.0640. The first-order chi connectivity index (χ1) is 22.7. The van der Waals surface area contributed by atoms with Crippen molar-refractivity contribution in [3.63, 3.8) is 0 Å². The van der Waals surface area contributed by atoms with Crippen LogP contribution in [-0.2, 0) is 17.6 Å². The molecule has 2 heterocycles. The Morgan fingerprint density at radius 3 is 2.02 bits per heavy atom. The van der Waals surface area contributed by atoms with Crippen LogP contribution in [0.2, 0.25) is 5.04 Å². The number of nitrogens with two attached hydrogens (primary N) is 1. The van der Waals surface area contributed by atoms with Gasteiger partial charge in [-0.2, -0.15) is 18.3 Å². The number of carbonyl (C=O) groups excluding carboxylic acids is 1. The number of pyridine rings is 1. The summed E-state index contributed by atoms with van der Waals surface area (Å²) in [6.45, 7) is 9.36. The summed E-state index contributed by atoms with van der Waals surface area (Å²) in [7, 11) is -1.02. The van der Waals surface area contributed by atoms with Gasteiger partial charge in [-0.05, 0) is 39.5 Å². The molecule has 1 unspecified atom stereocenters. The third-order valence-electron chi connectivity index (χ3n) is 8.40. The van der Waals surface area contributed by atoms with Crippen molar-refractivity contribution in [1.29, 1.82) is 0 Å². The lowest BCUT2D eigenvalue weighted by Gasteiger charge is -2.43. The summed E-state index contributed by atoms with van der Waals surface area (Å²) in [6, 6.07) is 26.9. The number of nitrogens with zero attached hydrogens (tertiary/aromatic N) is 3. The standard InChI is InChI=1S/C37H40F3N5O2Si/c1-25(24-47-48(36(2,3)4,29-12-8-6-9-13-29)30-14-10-7-11-15-30)21-42-35(46)31-20-32(26-16-18-28(19-17-26)37(38,39)40)44-34(33(31)41)27-22-43-45(5)23-27/h6-20,22-23,25H,21,24,41H2,1-5H3,(H,42,46). The Labute approximate surface area is 280 Å². The molecule has 0 aliphatic heterocycles. The zero-order valence-corrected chi connectivity index (χ0v) is 28.7. The monoisotopic (exact) mass is 671 g/mol. The van der Waals surface area contributed by atoms with Crippen molar-refractivity contribution < 1.29 is 22.4 Å². The first-order valence-corrected chi connectivity index (χ1v) is 17.6. The van der Waals surface area contributed by atoms with Gasteiger partial charge in [-0.15, -0.1) is 0 Å². The van der Waals surface area contributed by atoms with Gasteiger partial charge >= 0.3 is 6.18 Å². The van der Waals surface area contributed by atoms with Gasteiger partial charge < -0.3 is 15.5 Å². The minimum Gasteiger partial charge on any atom is -0.407 e. The summed E-state index contributed by atoms with van der Waals surface area (Å²) in [4.78, 5) is 18.3. The van der Waals surface area contributed by atoms with Crippen LogP contribution in [0.1, 0.15) is 43.6 Å². The largest absolute Gasteiger partial charge is 0.416 e. The van der Waals surface area contributed by atoms with Gasteiger partial charge in [-0.3, -0.25) is 9.48 Å². The van der Waals surface area contributed by atoms with Crippen molar-refractivity contribution in [2.24, 2.45) is 13.0 Å². The number of nitrogen functional groups attached to an aromatic ring is 1. The number of rotatable bonds is 10. The molecular weight excluding hydrogens is 632 g/mol. The summed E-state index contributed by atoms with van der Waals surface area (Å²) >= 11 is 0. The number of nitrogens with one attached hydrogen (secondary N) is 1. The van der Waals surface area contributed by atoms with E-state index in [-0.39, 0.29) is 22.2 Å². The molecule has 0 saturated heterocycles. The van der Waals surface area contributed by atoms with Crippen molar-refractivity contribution in [2.75, 3.05) is 18.9 Å². The van der Waals surface area contributed by atoms with Crippen molar-refractivity contribution in [1.82, 2.24) is 20.1 Å². The summed E-state index contributed by atoms with van der Waals surface area (Å²) in [5.74, 6) is -0.490. The van der Waals surface area contributed by atoms with Crippen LogP contribution in [0.15, 0.2) is 103 Å². The van der Waals surface area contributed by atoms with Crippen LogP contribution in [0.4, 0.5) is 18.9 Å². The molecule has 0 fully saturated rings. The topological polar surface area (TPSA) is 95.1 Å². The molecule has 5 rings (SSSR count). The number of halogens is 3. The van der Waals surface area contributed by atoms with Crippen molar-refractivity contribution >= 4 is 30.3 Å². The molecule has 48 heavy (non-hydrogen) atoms. The van der Waals surface area contributed by atoms with E-state index >= 15 is 0 Å². The summed E-state index contributed by atoms with van der Waals surface area (Å²) in [5, 5.41) is 9.35. The fourth-order valence-corrected chi connectivity index (χ4v) is 10.6. The van der Waals surface area contributed by atoms with Gasteiger partial charge in [0.1, 0.15) is 0 Å². The predicted molar refractivity (Wildman–Crippen MR) is 186 cm³/mol. The Hall–Kier alpha value is -4.74. The number of carbonyl (C=O) groups is 1. The molecular formula is C37H40F3N5O2Si. The van der Waals surface area contributed by atoms with Crippen molar-refractivity contribution in [3.8, 4) is 22.5 Å². The van der Waals surface area contributed by atoms with Gasteiger partial charge in [0.25, 0.3) is 14.2 Å². The Bertz CT molecular complexity index is 1820. The maximum absolute atomic E-state index is 13.7. The molecule has 0 aliphatic rings. The van der Waals surface area contributed by atoms with Gasteiger partial charge in [0.2, 0.25) is 0 Å². The number of hydrogen-bond acceptors (Lipinski definition) is 5. The predicted octanol–water partition coefficient (Wildman–Crippen LogP) is 6.69. The molecule has 3 N–H and O–H groups in total. The van der Waals surface area contributed by atoms with Gasteiger partial charge in [-0.1, -0.05) is 100 Å². The third kappa shape index (κ3) is 7.22. The van der Waals surface area contributed by atoms with Gasteiger partial charge in [0.15, 0.2) is 0 Å². The summed E-state index contributed by atoms with van der Waals surface area (Å²) in [5.41, 5.74) is 7.67. The molecule has 3 aromatic carbocycles. The highest BCUT2D eigenvalue weighted by Gasteiger charge is 2.50. The van der Waals surface area contributed by atoms with Gasteiger partial charge in [-0.25, -0.2) is 4.98 Å². The second kappa shape index (κ2) is 13.8. The van der Waals surface area contributed by atoms with E-state index in [1.807, 2.05) is 43.3 Å². The number of hydrogen-bond donors (Lipinski definition) is 2. The van der Waals surface area contributed by atoms with E-state index in [2.05, 4.69) is 60.4 Å². The van der Waals surface area contributed by atoms with Crippen LogP contribution in [0.3, 0.4) is 0 Å². The maximum atomic E-state index is 13.7. The molecule has 5 aromatic rings. The molecule has 1 amide bonds. The summed E-state index contributed by atoms with van der Waals surface area (Å²) in [6.07, 6.45) is -1.20. The van der Waals surface area contributed by atoms with Crippen LogP contribution in [-0.4, -0.2) is 42.1 Å². The molecule has 2 aromatic heterocycles. The Morgan fingerprint density at radius 1 is 0.938 bits per heavy atom. The minimum atomic E-state index is -4.48. The third-order valence-corrected chi connectivity index (χ3v) is 13.4. The lowest BCUT2D eigenvalue weighted by molar-refractivity contribution is -0.137. The fourth-order valence-electron chi connectivity index (χ4n) is 5.93. The van der Waals surface area contributed by atoms with E-state index in [1.54, 1.807) is 24.1 Å². The molecule has 0 aliphatic carbocycles. The smallest absolute Gasteiger partial charge is 0.407 e. The highest BCUT2D eigenvalue weighted by molar-refractivity contribution is 6.99.